The van der Waals surface area contributed by atoms with E-state index in [2.05, 4.69) is 4.90 Å². The van der Waals surface area contributed by atoms with Crippen molar-refractivity contribution in [3.8, 4) is 11.5 Å². The van der Waals surface area contributed by atoms with Gasteiger partial charge in [-0.25, -0.2) is 0 Å². The van der Waals surface area contributed by atoms with Crippen LogP contribution in [0.25, 0.3) is 6.08 Å². The molecule has 4 rings (SSSR count). The Hall–Kier alpha value is -2.73. The van der Waals surface area contributed by atoms with E-state index in [4.69, 9.17) is 4.74 Å². The van der Waals surface area contributed by atoms with Gasteiger partial charge in [-0.05, 0) is 77.2 Å². The Bertz CT molecular complexity index is 1130. The number of para-hydroxylation sites is 1. The molecule has 2 aromatic carbocycles. The van der Waals surface area contributed by atoms with Crippen LogP contribution in [-0.2, 0) is 9.59 Å². The summed E-state index contributed by atoms with van der Waals surface area (Å²) in [6.07, 6.45) is 1.58. The number of carbonyl (C=O) groups excluding carboxylic acids is 3. The summed E-state index contributed by atoms with van der Waals surface area (Å²) in [6.45, 7) is 4.37. The molecule has 0 radical (unpaired) electrons. The number of phenolic OH excluding ortho intramolecular Hbond substituents is 1. The van der Waals surface area contributed by atoms with E-state index in [1.807, 2.05) is 59.8 Å². The minimum atomic E-state index is -0.493. The van der Waals surface area contributed by atoms with E-state index in [0.29, 0.717) is 47.7 Å². The number of piperazine rings is 1. The maximum atomic E-state index is 12.9. The molecule has 0 saturated carbocycles. The third-order valence-electron chi connectivity index (χ3n) is 5.57. The molecule has 2 aliphatic rings. The normalized spacial score (nSPS) is 17.6. The highest BCUT2D eigenvalue weighted by Gasteiger charge is 2.37. The predicted molar refractivity (Wildman–Crippen MR) is 140 cm³/mol. The summed E-state index contributed by atoms with van der Waals surface area (Å²) in [5.41, 5.74) is 1.74. The zero-order valence-electron chi connectivity index (χ0n) is 18.6. The lowest BCUT2D eigenvalue weighted by Gasteiger charge is -2.36. The summed E-state index contributed by atoms with van der Waals surface area (Å²) in [4.78, 5) is 43.4. The van der Waals surface area contributed by atoms with Crippen LogP contribution in [0.15, 0.2) is 47.4 Å². The smallest absolute Gasteiger partial charge is 0.294 e. The van der Waals surface area contributed by atoms with Crippen LogP contribution >= 0.6 is 34.4 Å². The van der Waals surface area contributed by atoms with Crippen molar-refractivity contribution in [1.29, 1.82) is 0 Å². The Kier molecular flexibility index (Phi) is 7.67. The summed E-state index contributed by atoms with van der Waals surface area (Å²) >= 11 is 2.79. The Morgan fingerprint density at radius 1 is 1.15 bits per heavy atom. The van der Waals surface area contributed by atoms with E-state index in [-0.39, 0.29) is 23.1 Å². The highest BCUT2D eigenvalue weighted by atomic mass is 127. The standard InChI is InChI=1S/C24H24IN3O5S/c1-2-33-19-13-16(12-18(25)22(19)30)14-20-23(31)28(24(32)34-20)15-21(29)27-10-8-26(9-11-27)17-6-4-3-5-7-17/h3-7,12-14,30H,2,8-11,15H2,1H3/b20-14+. The number of benzene rings is 2. The van der Waals surface area contributed by atoms with Gasteiger partial charge >= 0.3 is 0 Å². The van der Waals surface area contributed by atoms with E-state index < -0.39 is 11.1 Å². The van der Waals surface area contributed by atoms with Gasteiger partial charge in [-0.1, -0.05) is 18.2 Å². The number of imide groups is 1. The van der Waals surface area contributed by atoms with Crippen LogP contribution in [0.5, 0.6) is 11.5 Å². The molecule has 0 atom stereocenters. The maximum Gasteiger partial charge on any atom is 0.294 e. The summed E-state index contributed by atoms with van der Waals surface area (Å²) < 4.78 is 6.01. The molecule has 0 unspecified atom stereocenters. The molecule has 178 valence electrons. The van der Waals surface area contributed by atoms with Crippen LogP contribution < -0.4 is 9.64 Å². The number of hydrogen-bond acceptors (Lipinski definition) is 7. The molecule has 2 saturated heterocycles. The number of rotatable bonds is 6. The highest BCUT2D eigenvalue weighted by molar-refractivity contribution is 14.1. The molecule has 0 aliphatic carbocycles. The molecule has 2 fully saturated rings. The first kappa shape index (κ1) is 24.4. The van der Waals surface area contributed by atoms with Crippen molar-refractivity contribution in [2.45, 2.75) is 6.92 Å². The van der Waals surface area contributed by atoms with E-state index >= 15 is 0 Å². The summed E-state index contributed by atoms with van der Waals surface area (Å²) in [7, 11) is 0. The Morgan fingerprint density at radius 3 is 2.53 bits per heavy atom. The van der Waals surface area contributed by atoms with Crippen molar-refractivity contribution in [1.82, 2.24) is 9.80 Å². The molecular weight excluding hydrogens is 569 g/mol. The fourth-order valence-corrected chi connectivity index (χ4v) is 5.28. The summed E-state index contributed by atoms with van der Waals surface area (Å²) in [5, 5.41) is 9.65. The molecular formula is C24H24IN3O5S. The second-order valence-electron chi connectivity index (χ2n) is 7.75. The Balaban J connectivity index is 1.40. The Labute approximate surface area is 215 Å². The van der Waals surface area contributed by atoms with Crippen molar-refractivity contribution < 1.29 is 24.2 Å². The van der Waals surface area contributed by atoms with Crippen LogP contribution in [0.3, 0.4) is 0 Å². The lowest BCUT2D eigenvalue weighted by molar-refractivity contribution is -0.136. The van der Waals surface area contributed by atoms with Gasteiger partial charge in [0.25, 0.3) is 11.1 Å². The van der Waals surface area contributed by atoms with E-state index in [0.717, 1.165) is 22.3 Å². The molecule has 2 aliphatic heterocycles. The first-order chi connectivity index (χ1) is 16.4. The predicted octanol–water partition coefficient (Wildman–Crippen LogP) is 3.78. The van der Waals surface area contributed by atoms with Gasteiger partial charge in [0.1, 0.15) is 6.54 Å². The minimum Gasteiger partial charge on any atom is -0.504 e. The molecule has 2 heterocycles. The number of phenols is 1. The minimum absolute atomic E-state index is 0.0330. The van der Waals surface area contributed by atoms with Crippen molar-refractivity contribution in [3.05, 3.63) is 56.5 Å². The first-order valence-corrected chi connectivity index (χ1v) is 12.8. The van der Waals surface area contributed by atoms with E-state index in [1.54, 1.807) is 23.1 Å². The third kappa shape index (κ3) is 5.33. The number of carbonyl (C=O) groups is 3. The summed E-state index contributed by atoms with van der Waals surface area (Å²) in [6, 6.07) is 13.3. The molecule has 1 N–H and O–H groups in total. The summed E-state index contributed by atoms with van der Waals surface area (Å²) in [5.74, 6) is -0.392. The van der Waals surface area contributed by atoms with Gasteiger partial charge in [0.05, 0.1) is 15.1 Å². The van der Waals surface area contributed by atoms with Gasteiger partial charge < -0.3 is 19.6 Å². The Morgan fingerprint density at radius 2 is 1.85 bits per heavy atom. The number of nitrogens with zero attached hydrogens (tertiary/aromatic N) is 3. The van der Waals surface area contributed by atoms with Gasteiger partial charge in [-0.15, -0.1) is 0 Å². The average molecular weight is 593 g/mol. The quantitative estimate of drug-likeness (QED) is 0.403. The SMILES string of the molecule is CCOc1cc(/C=C2/SC(=O)N(CC(=O)N3CCN(c4ccccc4)CC3)C2=O)cc(I)c1O. The second-order valence-corrected chi connectivity index (χ2v) is 9.91. The number of aromatic hydroxyl groups is 1. The molecule has 0 spiro atoms. The number of ether oxygens (including phenoxy) is 1. The number of halogens is 1. The lowest BCUT2D eigenvalue weighted by Crippen LogP contribution is -2.51. The van der Waals surface area contributed by atoms with Crippen molar-refractivity contribution in [2.75, 3.05) is 44.2 Å². The third-order valence-corrected chi connectivity index (χ3v) is 7.30. The van der Waals surface area contributed by atoms with Crippen LogP contribution in [0.4, 0.5) is 10.5 Å². The first-order valence-electron chi connectivity index (χ1n) is 10.9. The molecule has 3 amide bonds. The molecule has 0 aromatic heterocycles. The van der Waals surface area contributed by atoms with Crippen LogP contribution in [-0.4, -0.2) is 71.3 Å². The van der Waals surface area contributed by atoms with Gasteiger partial charge in [0.15, 0.2) is 11.5 Å². The van der Waals surface area contributed by atoms with Gasteiger partial charge in [-0.3, -0.25) is 19.3 Å². The van der Waals surface area contributed by atoms with Crippen molar-refractivity contribution >= 4 is 63.2 Å². The topological polar surface area (TPSA) is 90.4 Å². The monoisotopic (exact) mass is 593 g/mol. The number of anilines is 1. The molecule has 8 nitrogen and oxygen atoms in total. The van der Waals surface area contributed by atoms with Crippen molar-refractivity contribution in [2.24, 2.45) is 0 Å². The van der Waals surface area contributed by atoms with Crippen molar-refractivity contribution in [3.63, 3.8) is 0 Å². The van der Waals surface area contributed by atoms with Crippen LogP contribution in [0.2, 0.25) is 0 Å². The molecule has 10 heteroatoms. The van der Waals surface area contributed by atoms with Crippen LogP contribution in [0.1, 0.15) is 12.5 Å². The lowest BCUT2D eigenvalue weighted by atomic mass is 10.2. The molecule has 2 aromatic rings. The zero-order valence-corrected chi connectivity index (χ0v) is 21.5. The number of amides is 3. The van der Waals surface area contributed by atoms with Gasteiger partial charge in [0, 0.05) is 31.9 Å². The highest BCUT2D eigenvalue weighted by Crippen LogP contribution is 2.36. The number of thioether (sulfide) groups is 1. The fourth-order valence-electron chi connectivity index (χ4n) is 3.82. The number of hydrogen-bond donors (Lipinski definition) is 1. The maximum absolute atomic E-state index is 12.9. The largest absolute Gasteiger partial charge is 0.504 e. The fraction of sp³-hybridized carbons (Fsp3) is 0.292. The average Bonchev–Trinajstić information content (AvgIpc) is 3.10. The molecule has 0 bridgehead atoms. The second kappa shape index (κ2) is 10.7. The van der Waals surface area contributed by atoms with Gasteiger partial charge in [-0.2, -0.15) is 0 Å². The molecule has 34 heavy (non-hydrogen) atoms. The van der Waals surface area contributed by atoms with E-state index in [9.17, 15) is 19.5 Å². The van der Waals surface area contributed by atoms with E-state index in [1.165, 1.54) is 0 Å². The zero-order chi connectivity index (χ0) is 24.2. The van der Waals surface area contributed by atoms with Gasteiger partial charge in [0.2, 0.25) is 5.91 Å². The van der Waals surface area contributed by atoms with Crippen LogP contribution in [0, 0.1) is 3.57 Å².